The van der Waals surface area contributed by atoms with E-state index in [1.54, 1.807) is 13.8 Å². The molecule has 2 bridgehead atoms. The van der Waals surface area contributed by atoms with Gasteiger partial charge in [-0.3, -0.25) is 14.5 Å². The maximum atomic E-state index is 13.1. The number of carbonyl (C=O) groups is 3. The Labute approximate surface area is 165 Å². The van der Waals surface area contributed by atoms with Crippen molar-refractivity contribution in [3.8, 4) is 0 Å². The number of rotatable bonds is 5. The van der Waals surface area contributed by atoms with Crippen LogP contribution in [0.15, 0.2) is 0 Å². The quantitative estimate of drug-likeness (QED) is 0.346. The van der Waals surface area contributed by atoms with Gasteiger partial charge in [0.25, 0.3) is 0 Å². The third kappa shape index (κ3) is 3.09. The standard InChI is InChI=1S/C18H25Br2NO4/c1-7(2)5-11(18(24)25-8(3)4)21-16(22)12-9-6-10(13(12)17(21)23)15(20)14(9)19/h7-15H,5-6H2,1-4H3/t9-,10-,11-,12-,13+,14-,15+/m1/s1. The predicted octanol–water partition coefficient (Wildman–Crippen LogP) is 3.13. The molecule has 2 amide bonds. The lowest BCUT2D eigenvalue weighted by Crippen LogP contribution is -2.48. The van der Waals surface area contributed by atoms with E-state index in [1.165, 1.54) is 4.90 Å². The molecule has 3 fully saturated rings. The molecule has 1 aliphatic heterocycles. The van der Waals surface area contributed by atoms with Gasteiger partial charge in [-0.05, 0) is 44.4 Å². The van der Waals surface area contributed by atoms with Crippen molar-refractivity contribution in [2.75, 3.05) is 0 Å². The third-order valence-corrected chi connectivity index (χ3v) is 8.86. The molecule has 140 valence electrons. The van der Waals surface area contributed by atoms with Crippen LogP contribution in [0.25, 0.3) is 0 Å². The molecule has 3 aliphatic rings. The Hall–Kier alpha value is -0.430. The van der Waals surface area contributed by atoms with Crippen molar-refractivity contribution in [2.45, 2.75) is 62.3 Å². The number of carbonyl (C=O) groups excluding carboxylic acids is 3. The molecule has 0 unspecified atom stereocenters. The van der Waals surface area contributed by atoms with E-state index in [-0.39, 0.29) is 57.2 Å². The average Bonchev–Trinajstić information content (AvgIpc) is 3.09. The summed E-state index contributed by atoms with van der Waals surface area (Å²) in [4.78, 5) is 40.5. The SMILES string of the molecule is CC(C)C[C@H](C(=O)OC(C)C)N1C(=O)[C@@H]2[C@H]3C[C@@H]([C@H](Br)[C@@H]3Br)[C@@H]2C1=O. The summed E-state index contributed by atoms with van der Waals surface area (Å²) in [5, 5.41) is 0. The molecule has 0 aromatic heterocycles. The number of imide groups is 1. The van der Waals surface area contributed by atoms with Crippen molar-refractivity contribution in [1.82, 2.24) is 4.90 Å². The van der Waals surface area contributed by atoms with Gasteiger partial charge in [0.1, 0.15) is 6.04 Å². The normalized spacial score (nSPS) is 38.0. The van der Waals surface area contributed by atoms with Gasteiger partial charge in [-0.15, -0.1) is 0 Å². The molecular formula is C18H25Br2NO4. The van der Waals surface area contributed by atoms with Gasteiger partial charge in [-0.2, -0.15) is 0 Å². The number of esters is 1. The number of halogens is 2. The lowest BCUT2D eigenvalue weighted by Gasteiger charge is -2.28. The molecule has 0 spiro atoms. The zero-order valence-electron chi connectivity index (χ0n) is 14.9. The first-order valence-corrected chi connectivity index (χ1v) is 10.8. The minimum absolute atomic E-state index is 0.154. The monoisotopic (exact) mass is 477 g/mol. The van der Waals surface area contributed by atoms with Crippen molar-refractivity contribution in [2.24, 2.45) is 29.6 Å². The van der Waals surface area contributed by atoms with E-state index in [0.29, 0.717) is 6.42 Å². The number of amides is 2. The van der Waals surface area contributed by atoms with Gasteiger partial charge in [0.05, 0.1) is 17.9 Å². The highest BCUT2D eigenvalue weighted by Crippen LogP contribution is 2.60. The summed E-state index contributed by atoms with van der Waals surface area (Å²) in [5.41, 5.74) is 0. The number of ether oxygens (including phenoxy) is 1. The number of nitrogens with zero attached hydrogens (tertiary/aromatic N) is 1. The smallest absolute Gasteiger partial charge is 0.329 e. The van der Waals surface area contributed by atoms with E-state index in [1.807, 2.05) is 13.8 Å². The van der Waals surface area contributed by atoms with Crippen molar-refractivity contribution in [1.29, 1.82) is 0 Å². The summed E-state index contributed by atoms with van der Waals surface area (Å²) in [6.07, 6.45) is 1.05. The molecule has 0 aromatic carbocycles. The zero-order valence-corrected chi connectivity index (χ0v) is 18.1. The first kappa shape index (κ1) is 19.3. The highest BCUT2D eigenvalue weighted by Gasteiger charge is 2.67. The molecule has 3 rings (SSSR count). The fourth-order valence-electron chi connectivity index (χ4n) is 4.74. The van der Waals surface area contributed by atoms with E-state index in [9.17, 15) is 14.4 Å². The van der Waals surface area contributed by atoms with Gasteiger partial charge in [-0.1, -0.05) is 45.7 Å². The minimum atomic E-state index is -0.810. The van der Waals surface area contributed by atoms with Crippen LogP contribution in [0, 0.1) is 29.6 Å². The molecule has 0 aromatic rings. The first-order valence-electron chi connectivity index (χ1n) is 9.00. The Balaban J connectivity index is 1.89. The van der Waals surface area contributed by atoms with Crippen LogP contribution >= 0.6 is 31.9 Å². The van der Waals surface area contributed by atoms with Crippen molar-refractivity contribution < 1.29 is 19.1 Å². The lowest BCUT2D eigenvalue weighted by molar-refractivity contribution is -0.162. The van der Waals surface area contributed by atoms with Crippen LogP contribution in [0.4, 0.5) is 0 Å². The largest absolute Gasteiger partial charge is 0.461 e. The molecule has 1 saturated heterocycles. The van der Waals surface area contributed by atoms with Gasteiger partial charge >= 0.3 is 5.97 Å². The number of hydrogen-bond acceptors (Lipinski definition) is 4. The van der Waals surface area contributed by atoms with Crippen molar-refractivity contribution >= 4 is 49.6 Å². The second-order valence-electron chi connectivity index (χ2n) is 8.18. The summed E-state index contributed by atoms with van der Waals surface area (Å²) in [6.45, 7) is 7.51. The summed E-state index contributed by atoms with van der Waals surface area (Å²) < 4.78 is 5.35. The summed E-state index contributed by atoms with van der Waals surface area (Å²) in [6, 6.07) is -0.810. The molecule has 2 aliphatic carbocycles. The maximum absolute atomic E-state index is 13.1. The molecule has 2 saturated carbocycles. The lowest BCUT2D eigenvalue weighted by atomic mass is 9.81. The van der Waals surface area contributed by atoms with Crippen LogP contribution in [0.3, 0.4) is 0 Å². The Kier molecular flexibility index (Phi) is 5.37. The minimum Gasteiger partial charge on any atom is -0.461 e. The van der Waals surface area contributed by atoms with E-state index in [0.717, 1.165) is 6.42 Å². The van der Waals surface area contributed by atoms with Crippen molar-refractivity contribution in [3.63, 3.8) is 0 Å². The Morgan fingerprint density at radius 3 is 1.96 bits per heavy atom. The van der Waals surface area contributed by atoms with Gasteiger partial charge in [0.15, 0.2) is 0 Å². The fourth-order valence-corrected chi connectivity index (χ4v) is 6.62. The van der Waals surface area contributed by atoms with Gasteiger partial charge in [-0.25, -0.2) is 4.79 Å². The van der Waals surface area contributed by atoms with Crippen LogP contribution in [0.5, 0.6) is 0 Å². The Morgan fingerprint density at radius 2 is 1.56 bits per heavy atom. The van der Waals surface area contributed by atoms with Crippen LogP contribution < -0.4 is 0 Å². The van der Waals surface area contributed by atoms with Gasteiger partial charge in [0, 0.05) is 9.65 Å². The highest BCUT2D eigenvalue weighted by molar-refractivity contribution is 9.12. The summed E-state index contributed by atoms with van der Waals surface area (Å²) >= 11 is 7.37. The number of likely N-dealkylation sites (tertiary alicyclic amines) is 1. The third-order valence-electron chi connectivity index (χ3n) is 5.65. The number of fused-ring (bicyclic) bond motifs is 5. The van der Waals surface area contributed by atoms with E-state index < -0.39 is 12.0 Å². The molecular weight excluding hydrogens is 454 g/mol. The van der Waals surface area contributed by atoms with E-state index >= 15 is 0 Å². The summed E-state index contributed by atoms with van der Waals surface area (Å²) in [7, 11) is 0. The zero-order chi connectivity index (χ0) is 18.6. The molecule has 5 nitrogen and oxygen atoms in total. The molecule has 1 heterocycles. The second-order valence-corrected chi connectivity index (χ2v) is 10.3. The Bertz CT molecular complexity index is 562. The van der Waals surface area contributed by atoms with E-state index in [4.69, 9.17) is 4.74 Å². The highest BCUT2D eigenvalue weighted by atomic mass is 79.9. The van der Waals surface area contributed by atoms with Crippen LogP contribution in [0.2, 0.25) is 0 Å². The molecule has 0 radical (unpaired) electrons. The Morgan fingerprint density at radius 1 is 1.08 bits per heavy atom. The molecule has 7 atom stereocenters. The predicted molar refractivity (Wildman–Crippen MR) is 100 cm³/mol. The topological polar surface area (TPSA) is 63.7 Å². The van der Waals surface area contributed by atoms with Crippen LogP contribution in [0.1, 0.15) is 40.5 Å². The van der Waals surface area contributed by atoms with Gasteiger partial charge < -0.3 is 4.74 Å². The molecule has 7 heteroatoms. The second kappa shape index (κ2) is 6.95. The first-order chi connectivity index (χ1) is 11.6. The van der Waals surface area contributed by atoms with E-state index in [2.05, 4.69) is 31.9 Å². The molecule has 25 heavy (non-hydrogen) atoms. The van der Waals surface area contributed by atoms with Crippen LogP contribution in [-0.4, -0.2) is 44.5 Å². The fraction of sp³-hybridized carbons (Fsp3) is 0.833. The number of alkyl halides is 2. The van der Waals surface area contributed by atoms with Crippen molar-refractivity contribution in [3.05, 3.63) is 0 Å². The van der Waals surface area contributed by atoms with Gasteiger partial charge in [0.2, 0.25) is 11.8 Å². The maximum Gasteiger partial charge on any atom is 0.329 e. The van der Waals surface area contributed by atoms with Crippen LogP contribution in [-0.2, 0) is 19.1 Å². The summed E-state index contributed by atoms with van der Waals surface area (Å²) in [5.74, 6) is -0.938. The average molecular weight is 479 g/mol. The molecule has 0 N–H and O–H groups in total. The number of hydrogen-bond donors (Lipinski definition) is 0.